The van der Waals surface area contributed by atoms with Crippen LogP contribution in [0.1, 0.15) is 35.3 Å². The van der Waals surface area contributed by atoms with Gasteiger partial charge in [0.25, 0.3) is 5.91 Å². The molecule has 168 valence electrons. The lowest BCUT2D eigenvalue weighted by molar-refractivity contribution is 0.102. The third kappa shape index (κ3) is 5.10. The number of aromatic nitrogens is 1. The topological polar surface area (TPSA) is 45.2 Å². The summed E-state index contributed by atoms with van der Waals surface area (Å²) in [6.07, 6.45) is 1.92. The van der Waals surface area contributed by atoms with Gasteiger partial charge in [0.05, 0.1) is 5.52 Å². The average molecular weight is 442 g/mol. The second-order valence-electron chi connectivity index (χ2n) is 8.15. The summed E-state index contributed by atoms with van der Waals surface area (Å²) in [6, 6.07) is 19.7. The summed E-state index contributed by atoms with van der Waals surface area (Å²) in [5.41, 5.74) is 6.16. The molecule has 1 aromatic heterocycles. The van der Waals surface area contributed by atoms with Crippen molar-refractivity contribution >= 4 is 22.5 Å². The smallest absolute Gasteiger partial charge is 0.255 e. The highest BCUT2D eigenvalue weighted by atomic mass is 19.1. The number of anilines is 1. The Balaban J connectivity index is 1.51. The van der Waals surface area contributed by atoms with Gasteiger partial charge in [-0.3, -0.25) is 14.7 Å². The van der Waals surface area contributed by atoms with Crippen LogP contribution < -0.4 is 5.32 Å². The van der Waals surface area contributed by atoms with E-state index in [-0.39, 0.29) is 11.7 Å². The van der Waals surface area contributed by atoms with Crippen LogP contribution in [0.2, 0.25) is 0 Å². The number of halogens is 1. The van der Waals surface area contributed by atoms with E-state index in [4.69, 9.17) is 0 Å². The molecule has 0 atom stereocenters. The highest BCUT2D eigenvalue weighted by molar-refractivity contribution is 6.06. The number of hydrogen-bond acceptors (Lipinski definition) is 3. The van der Waals surface area contributed by atoms with E-state index in [0.29, 0.717) is 5.56 Å². The van der Waals surface area contributed by atoms with E-state index >= 15 is 0 Å². The second-order valence-corrected chi connectivity index (χ2v) is 8.15. The van der Waals surface area contributed by atoms with E-state index in [9.17, 15) is 9.18 Å². The first-order chi connectivity index (χ1) is 16.0. The van der Waals surface area contributed by atoms with Crippen LogP contribution in [0.4, 0.5) is 10.1 Å². The van der Waals surface area contributed by atoms with E-state index in [1.54, 1.807) is 24.3 Å². The van der Waals surface area contributed by atoms with Crippen molar-refractivity contribution in [1.29, 1.82) is 0 Å². The molecule has 4 nitrogen and oxygen atoms in total. The van der Waals surface area contributed by atoms with Crippen molar-refractivity contribution in [3.05, 3.63) is 95.4 Å². The predicted octanol–water partition coefficient (Wildman–Crippen LogP) is 6.44. The Kier molecular flexibility index (Phi) is 6.80. The summed E-state index contributed by atoms with van der Waals surface area (Å²) in [6.45, 7) is 9.18. The van der Waals surface area contributed by atoms with Gasteiger partial charge in [-0.15, -0.1) is 0 Å². The number of pyridine rings is 1. The van der Waals surface area contributed by atoms with Crippen molar-refractivity contribution in [3.8, 4) is 11.1 Å². The largest absolute Gasteiger partial charge is 0.322 e. The third-order valence-corrected chi connectivity index (χ3v) is 6.04. The molecule has 0 aliphatic heterocycles. The minimum atomic E-state index is -0.268. The molecular weight excluding hydrogens is 413 g/mol. The van der Waals surface area contributed by atoms with E-state index < -0.39 is 0 Å². The first kappa shape index (κ1) is 22.6. The fourth-order valence-corrected chi connectivity index (χ4v) is 3.97. The van der Waals surface area contributed by atoms with Crippen LogP contribution in [0.3, 0.4) is 0 Å². The maximum Gasteiger partial charge on any atom is 0.255 e. The first-order valence-corrected chi connectivity index (χ1v) is 11.3. The van der Waals surface area contributed by atoms with Gasteiger partial charge in [0.15, 0.2) is 0 Å². The van der Waals surface area contributed by atoms with Crippen molar-refractivity contribution in [2.24, 2.45) is 0 Å². The minimum Gasteiger partial charge on any atom is -0.322 e. The normalized spacial score (nSPS) is 11.2. The number of carbonyl (C=O) groups is 1. The van der Waals surface area contributed by atoms with Crippen LogP contribution in [0, 0.1) is 12.7 Å². The summed E-state index contributed by atoms with van der Waals surface area (Å²) >= 11 is 0. The number of hydrogen-bond donors (Lipinski definition) is 1. The zero-order chi connectivity index (χ0) is 23.4. The fourth-order valence-electron chi connectivity index (χ4n) is 3.97. The fraction of sp³-hybridized carbons (Fsp3) is 0.214. The van der Waals surface area contributed by atoms with Crippen LogP contribution in [0.25, 0.3) is 22.0 Å². The van der Waals surface area contributed by atoms with Crippen LogP contribution in [0.15, 0.2) is 72.9 Å². The maximum absolute atomic E-state index is 13.1. The Bertz CT molecular complexity index is 1260. The lowest BCUT2D eigenvalue weighted by atomic mass is 10.0. The summed E-state index contributed by atoms with van der Waals surface area (Å²) in [4.78, 5) is 19.9. The molecule has 0 saturated carbocycles. The second kappa shape index (κ2) is 9.92. The molecular formula is C28H28FN3O. The number of benzene rings is 3. The van der Waals surface area contributed by atoms with E-state index in [2.05, 4.69) is 35.1 Å². The predicted molar refractivity (Wildman–Crippen MR) is 133 cm³/mol. The van der Waals surface area contributed by atoms with Crippen molar-refractivity contribution in [2.75, 3.05) is 18.4 Å². The monoisotopic (exact) mass is 441 g/mol. The minimum absolute atomic E-state index is 0.179. The molecule has 5 heteroatoms. The molecule has 0 radical (unpaired) electrons. The Morgan fingerprint density at radius 3 is 2.21 bits per heavy atom. The van der Waals surface area contributed by atoms with Crippen molar-refractivity contribution in [3.63, 3.8) is 0 Å². The Hall–Kier alpha value is -3.57. The molecule has 0 unspecified atom stereocenters. The first-order valence-electron chi connectivity index (χ1n) is 11.3. The summed E-state index contributed by atoms with van der Waals surface area (Å²) in [7, 11) is 0. The highest BCUT2D eigenvalue weighted by Gasteiger charge is 2.12. The molecule has 0 fully saturated rings. The van der Waals surface area contributed by atoms with Gasteiger partial charge in [-0.25, -0.2) is 4.39 Å². The molecule has 4 aromatic rings. The zero-order valence-electron chi connectivity index (χ0n) is 19.2. The molecule has 1 N–H and O–H groups in total. The Labute approximate surface area is 194 Å². The van der Waals surface area contributed by atoms with Crippen LogP contribution in [-0.2, 0) is 6.54 Å². The number of amides is 1. The summed E-state index contributed by atoms with van der Waals surface area (Å²) < 4.78 is 13.1. The number of nitrogens with zero attached hydrogens (tertiary/aromatic N) is 2. The van der Waals surface area contributed by atoms with Crippen LogP contribution in [-0.4, -0.2) is 28.9 Å². The third-order valence-electron chi connectivity index (χ3n) is 6.04. The lowest BCUT2D eigenvalue weighted by Crippen LogP contribution is -2.22. The molecule has 0 aliphatic rings. The lowest BCUT2D eigenvalue weighted by Gasteiger charge is -2.18. The maximum atomic E-state index is 13.1. The van der Waals surface area contributed by atoms with E-state index in [0.717, 1.165) is 52.9 Å². The van der Waals surface area contributed by atoms with Crippen molar-refractivity contribution in [2.45, 2.75) is 27.3 Å². The standard InChI is InChI=1S/C28H28FN3O/c1-4-32(5-2)18-20-16-24-12-15-26(19(3)27(24)30-17-20)31-28(33)23-8-6-21(7-9-23)22-10-13-25(29)14-11-22/h6-17H,4-5,18H2,1-3H3,(H,31,33). The van der Waals surface area contributed by atoms with Crippen LogP contribution in [0.5, 0.6) is 0 Å². The molecule has 1 amide bonds. The van der Waals surface area contributed by atoms with E-state index in [1.165, 1.54) is 17.7 Å². The molecule has 4 rings (SSSR count). The molecule has 0 aliphatic carbocycles. The molecule has 1 heterocycles. The molecule has 33 heavy (non-hydrogen) atoms. The number of rotatable bonds is 7. The van der Waals surface area contributed by atoms with Gasteiger partial charge < -0.3 is 5.32 Å². The van der Waals surface area contributed by atoms with Gasteiger partial charge >= 0.3 is 0 Å². The van der Waals surface area contributed by atoms with Gasteiger partial charge in [0.2, 0.25) is 0 Å². The SMILES string of the molecule is CCN(CC)Cc1cnc2c(C)c(NC(=O)c3ccc(-c4ccc(F)cc4)cc3)ccc2c1. The average Bonchev–Trinajstić information content (AvgIpc) is 2.85. The Morgan fingerprint density at radius 1 is 0.939 bits per heavy atom. The number of aryl methyl sites for hydroxylation is 1. The Morgan fingerprint density at radius 2 is 1.58 bits per heavy atom. The molecule has 3 aromatic carbocycles. The number of nitrogens with one attached hydrogen (secondary N) is 1. The molecule has 0 bridgehead atoms. The van der Waals surface area contributed by atoms with E-state index in [1.807, 2.05) is 37.4 Å². The van der Waals surface area contributed by atoms with Gasteiger partial charge in [-0.2, -0.15) is 0 Å². The van der Waals surface area contributed by atoms with Gasteiger partial charge in [0, 0.05) is 29.4 Å². The van der Waals surface area contributed by atoms with Crippen molar-refractivity contribution in [1.82, 2.24) is 9.88 Å². The van der Waals surface area contributed by atoms with Crippen LogP contribution >= 0.6 is 0 Å². The van der Waals surface area contributed by atoms with Gasteiger partial charge in [-0.1, -0.05) is 44.2 Å². The van der Waals surface area contributed by atoms with Crippen molar-refractivity contribution < 1.29 is 9.18 Å². The number of carbonyl (C=O) groups excluding carboxylic acids is 1. The quantitative estimate of drug-likeness (QED) is 0.359. The summed E-state index contributed by atoms with van der Waals surface area (Å²) in [5, 5.41) is 4.08. The van der Waals surface area contributed by atoms with Gasteiger partial charge in [0.1, 0.15) is 5.82 Å². The molecule has 0 saturated heterocycles. The highest BCUT2D eigenvalue weighted by Crippen LogP contribution is 2.26. The molecule has 0 spiro atoms. The van der Waals surface area contributed by atoms with Gasteiger partial charge in [-0.05, 0) is 78.7 Å². The zero-order valence-corrected chi connectivity index (χ0v) is 19.2. The summed E-state index contributed by atoms with van der Waals surface area (Å²) in [5.74, 6) is -0.448. The number of fused-ring (bicyclic) bond motifs is 1.